The first-order valence-corrected chi connectivity index (χ1v) is 12.8. The Morgan fingerprint density at radius 3 is 2.29 bits per heavy atom. The monoisotopic (exact) mass is 513 g/mol. The van der Waals surface area contributed by atoms with Gasteiger partial charge >= 0.3 is 0 Å². The number of aliphatic hydroxyl groups excluding tert-OH is 1. The summed E-state index contributed by atoms with van der Waals surface area (Å²) in [7, 11) is 3.07. The molecule has 3 aromatic rings. The van der Waals surface area contributed by atoms with E-state index in [1.54, 1.807) is 49.6 Å². The van der Waals surface area contributed by atoms with Crippen LogP contribution in [-0.2, 0) is 22.4 Å². The Morgan fingerprint density at radius 1 is 0.895 bits per heavy atom. The number of Topliss-reactive ketones (excluding diaryl/α,β-unsaturated/α-hetero) is 1. The summed E-state index contributed by atoms with van der Waals surface area (Å²) < 4.78 is 16.5. The number of carbonyl (C=O) groups excluding carboxylic acids is 2. The van der Waals surface area contributed by atoms with Crippen LogP contribution in [0.3, 0.4) is 0 Å². The maximum absolute atomic E-state index is 13.5. The topological polar surface area (TPSA) is 85.3 Å². The lowest BCUT2D eigenvalue weighted by molar-refractivity contribution is -0.132. The highest BCUT2D eigenvalue weighted by Crippen LogP contribution is 2.44. The van der Waals surface area contributed by atoms with Crippen LogP contribution in [0.15, 0.2) is 66.2 Å². The van der Waals surface area contributed by atoms with E-state index in [0.717, 1.165) is 25.7 Å². The van der Waals surface area contributed by atoms with Crippen molar-refractivity contribution in [1.29, 1.82) is 0 Å². The molecule has 1 heterocycles. The quantitative estimate of drug-likeness (QED) is 0.251. The summed E-state index contributed by atoms with van der Waals surface area (Å²) in [6.45, 7) is 2.40. The van der Waals surface area contributed by atoms with Gasteiger partial charge in [-0.1, -0.05) is 18.2 Å². The van der Waals surface area contributed by atoms with Gasteiger partial charge in [-0.05, 0) is 91.8 Å². The molecule has 0 radical (unpaired) electrons. The van der Waals surface area contributed by atoms with Crippen molar-refractivity contribution >= 4 is 23.1 Å². The Morgan fingerprint density at radius 2 is 1.61 bits per heavy atom. The Labute approximate surface area is 222 Å². The van der Waals surface area contributed by atoms with Crippen molar-refractivity contribution in [1.82, 2.24) is 0 Å². The van der Waals surface area contributed by atoms with Crippen molar-refractivity contribution in [2.24, 2.45) is 0 Å². The summed E-state index contributed by atoms with van der Waals surface area (Å²) in [6, 6.07) is 17.1. The average Bonchev–Trinajstić information content (AvgIpc) is 3.22. The number of aliphatic hydroxyl groups is 1. The number of hydrogen-bond acceptors (Lipinski definition) is 6. The number of ether oxygens (including phenoxy) is 3. The van der Waals surface area contributed by atoms with Crippen molar-refractivity contribution < 1.29 is 28.9 Å². The van der Waals surface area contributed by atoms with Crippen LogP contribution in [0, 0.1) is 0 Å². The molecule has 3 aromatic carbocycles. The summed E-state index contributed by atoms with van der Waals surface area (Å²) in [4.78, 5) is 28.5. The van der Waals surface area contributed by atoms with Gasteiger partial charge in [0.1, 0.15) is 11.5 Å². The molecule has 0 saturated carbocycles. The number of anilines is 1. The third-order valence-electron chi connectivity index (χ3n) is 7.22. The van der Waals surface area contributed by atoms with Gasteiger partial charge in [0, 0.05) is 11.3 Å². The minimum atomic E-state index is -0.871. The number of fused-ring (bicyclic) bond motifs is 1. The molecular formula is C31H31NO6. The van der Waals surface area contributed by atoms with Crippen LogP contribution in [0.5, 0.6) is 17.2 Å². The van der Waals surface area contributed by atoms with E-state index >= 15 is 0 Å². The van der Waals surface area contributed by atoms with Crippen LogP contribution >= 0.6 is 0 Å². The van der Waals surface area contributed by atoms with Crippen LogP contribution in [0.25, 0.3) is 5.76 Å². The molecule has 0 bridgehead atoms. The van der Waals surface area contributed by atoms with Gasteiger partial charge in [-0.25, -0.2) is 0 Å². The van der Waals surface area contributed by atoms with Crippen molar-refractivity contribution in [2.45, 2.75) is 38.6 Å². The van der Waals surface area contributed by atoms with E-state index in [1.165, 1.54) is 23.1 Å². The van der Waals surface area contributed by atoms with Gasteiger partial charge in [0.2, 0.25) is 0 Å². The molecule has 2 aliphatic rings. The van der Waals surface area contributed by atoms with Crippen molar-refractivity contribution in [3.63, 3.8) is 0 Å². The first-order valence-electron chi connectivity index (χ1n) is 12.8. The maximum atomic E-state index is 13.5. The van der Waals surface area contributed by atoms with E-state index < -0.39 is 17.7 Å². The number of benzene rings is 3. The molecule has 1 unspecified atom stereocenters. The Hall–Kier alpha value is -4.26. The molecule has 1 aliphatic heterocycles. The Balaban J connectivity index is 1.68. The minimum Gasteiger partial charge on any atom is -0.507 e. The van der Waals surface area contributed by atoms with Gasteiger partial charge in [-0.2, -0.15) is 0 Å². The van der Waals surface area contributed by atoms with Crippen LogP contribution in [0.1, 0.15) is 48.1 Å². The second kappa shape index (κ2) is 10.6. The zero-order valence-corrected chi connectivity index (χ0v) is 21.8. The lowest BCUT2D eigenvalue weighted by atomic mass is 9.88. The van der Waals surface area contributed by atoms with E-state index in [2.05, 4.69) is 0 Å². The summed E-state index contributed by atoms with van der Waals surface area (Å²) in [5, 5.41) is 11.6. The first kappa shape index (κ1) is 25.4. The van der Waals surface area contributed by atoms with Crippen LogP contribution in [0.2, 0.25) is 0 Å². The SMILES string of the molecule is CCOc1ccc(N2C(=O)C(=O)/C(=C(/O)c3ccc4c(c3)CCCC4)C2c2ccc(OC)c(OC)c2)cc1. The van der Waals surface area contributed by atoms with Crippen molar-refractivity contribution in [2.75, 3.05) is 25.7 Å². The minimum absolute atomic E-state index is 0.0341. The number of hydrogen-bond donors (Lipinski definition) is 1. The average molecular weight is 514 g/mol. The lowest BCUT2D eigenvalue weighted by Gasteiger charge is -2.26. The third kappa shape index (κ3) is 4.49. The highest BCUT2D eigenvalue weighted by atomic mass is 16.5. The number of ketones is 1. The second-order valence-electron chi connectivity index (χ2n) is 9.40. The molecule has 38 heavy (non-hydrogen) atoms. The second-order valence-corrected chi connectivity index (χ2v) is 9.40. The zero-order valence-electron chi connectivity index (χ0n) is 21.8. The van der Waals surface area contributed by atoms with E-state index in [-0.39, 0.29) is 11.3 Å². The van der Waals surface area contributed by atoms with Gasteiger partial charge in [0.25, 0.3) is 11.7 Å². The maximum Gasteiger partial charge on any atom is 0.300 e. The van der Waals surface area contributed by atoms with E-state index in [4.69, 9.17) is 14.2 Å². The molecule has 0 aromatic heterocycles. The molecule has 1 N–H and O–H groups in total. The van der Waals surface area contributed by atoms with Gasteiger partial charge < -0.3 is 19.3 Å². The van der Waals surface area contributed by atoms with Gasteiger partial charge in [-0.3, -0.25) is 14.5 Å². The molecule has 1 saturated heterocycles. The fourth-order valence-electron chi connectivity index (χ4n) is 5.34. The van der Waals surface area contributed by atoms with Crippen LogP contribution in [-0.4, -0.2) is 37.6 Å². The van der Waals surface area contributed by atoms with Crippen LogP contribution < -0.4 is 19.1 Å². The van der Waals surface area contributed by atoms with Gasteiger partial charge in [0.05, 0.1) is 32.4 Å². The Bertz CT molecular complexity index is 1410. The molecule has 0 spiro atoms. The molecule has 1 atom stereocenters. The van der Waals surface area contributed by atoms with E-state index in [1.807, 2.05) is 25.1 Å². The highest BCUT2D eigenvalue weighted by molar-refractivity contribution is 6.51. The fraction of sp³-hybridized carbons (Fsp3) is 0.290. The lowest BCUT2D eigenvalue weighted by Crippen LogP contribution is -2.29. The summed E-state index contributed by atoms with van der Waals surface area (Å²) in [5.41, 5.74) is 4.12. The van der Waals surface area contributed by atoms with Gasteiger partial charge in [-0.15, -0.1) is 0 Å². The molecule has 1 aliphatic carbocycles. The van der Waals surface area contributed by atoms with Crippen molar-refractivity contribution in [3.05, 3.63) is 88.5 Å². The molecule has 1 amide bonds. The largest absolute Gasteiger partial charge is 0.507 e. The standard InChI is InChI=1S/C31H31NO6/c1-4-38-24-14-12-23(13-15-24)32-28(21-11-16-25(36-2)26(18-21)37-3)27(30(34)31(32)35)29(33)22-10-9-19-7-5-6-8-20(19)17-22/h9-18,28,33H,4-8H2,1-3H3/b29-27+. The summed E-state index contributed by atoms with van der Waals surface area (Å²) >= 11 is 0. The van der Waals surface area contributed by atoms with Gasteiger partial charge in [0.15, 0.2) is 11.5 Å². The summed E-state index contributed by atoms with van der Waals surface area (Å²) in [6.07, 6.45) is 4.16. The molecule has 7 nitrogen and oxygen atoms in total. The third-order valence-corrected chi connectivity index (χ3v) is 7.22. The highest BCUT2D eigenvalue weighted by Gasteiger charge is 2.47. The molecular weight excluding hydrogens is 482 g/mol. The normalized spacial score (nSPS) is 18.3. The smallest absolute Gasteiger partial charge is 0.300 e. The number of methoxy groups -OCH3 is 2. The predicted molar refractivity (Wildman–Crippen MR) is 145 cm³/mol. The molecule has 1 fully saturated rings. The predicted octanol–water partition coefficient (Wildman–Crippen LogP) is 5.61. The summed E-state index contributed by atoms with van der Waals surface area (Å²) in [5.74, 6) is -0.0168. The molecule has 196 valence electrons. The fourth-order valence-corrected chi connectivity index (χ4v) is 5.34. The zero-order chi connectivity index (χ0) is 26.8. The number of nitrogens with zero attached hydrogens (tertiary/aromatic N) is 1. The van der Waals surface area contributed by atoms with Crippen molar-refractivity contribution in [3.8, 4) is 17.2 Å². The van der Waals surface area contributed by atoms with E-state index in [9.17, 15) is 14.7 Å². The van der Waals surface area contributed by atoms with E-state index in [0.29, 0.717) is 40.7 Å². The number of carbonyl (C=O) groups is 2. The number of aryl methyl sites for hydroxylation is 2. The molecule has 5 rings (SSSR count). The first-order chi connectivity index (χ1) is 18.5. The number of rotatable bonds is 7. The number of amides is 1. The molecule has 7 heteroatoms. The Kier molecular flexibility index (Phi) is 7.09. The van der Waals surface area contributed by atoms with Crippen LogP contribution in [0.4, 0.5) is 5.69 Å².